The zero-order chi connectivity index (χ0) is 17.1. The molecule has 2 heterocycles. The zero-order valence-corrected chi connectivity index (χ0v) is 14.3. The van der Waals surface area contributed by atoms with Crippen LogP contribution in [0.4, 0.5) is 5.69 Å². The van der Waals surface area contributed by atoms with Crippen LogP contribution in [-0.2, 0) is 6.54 Å². The van der Waals surface area contributed by atoms with E-state index in [-0.39, 0.29) is 12.4 Å². The molecule has 3 rings (SSSR count). The van der Waals surface area contributed by atoms with Crippen LogP contribution in [-0.4, -0.2) is 31.8 Å². The van der Waals surface area contributed by atoms with Crippen LogP contribution in [0.5, 0.6) is 0 Å². The maximum absolute atomic E-state index is 11.7. The second-order valence-corrected chi connectivity index (χ2v) is 6.29. The van der Waals surface area contributed by atoms with Crippen molar-refractivity contribution in [2.45, 2.75) is 20.4 Å². The maximum Gasteiger partial charge on any atom is 0.190 e. The lowest BCUT2D eigenvalue weighted by molar-refractivity contribution is 0.102. The first-order valence-electron chi connectivity index (χ1n) is 7.57. The van der Waals surface area contributed by atoms with E-state index in [4.69, 9.17) is 0 Å². The summed E-state index contributed by atoms with van der Waals surface area (Å²) in [5.74, 6) is 0.0136. The summed E-state index contributed by atoms with van der Waals surface area (Å²) in [5.41, 5.74) is 2.58. The first-order valence-corrected chi connectivity index (χ1v) is 8.38. The van der Waals surface area contributed by atoms with E-state index in [1.807, 2.05) is 48.0 Å². The number of aromatic nitrogens is 3. The number of benzene rings is 1. The summed E-state index contributed by atoms with van der Waals surface area (Å²) in [5, 5.41) is 13.5. The minimum Gasteiger partial charge on any atom is -0.395 e. The number of ketones is 1. The third-order valence-electron chi connectivity index (χ3n) is 3.64. The summed E-state index contributed by atoms with van der Waals surface area (Å²) in [4.78, 5) is 17.8. The van der Waals surface area contributed by atoms with Crippen molar-refractivity contribution in [1.29, 1.82) is 0 Å². The second-order valence-electron chi connectivity index (χ2n) is 5.31. The molecule has 0 fully saturated rings. The van der Waals surface area contributed by atoms with Crippen molar-refractivity contribution in [2.75, 3.05) is 6.61 Å². The highest BCUT2D eigenvalue weighted by Crippen LogP contribution is 2.17. The highest BCUT2D eigenvalue weighted by atomic mass is 32.1. The van der Waals surface area contributed by atoms with Gasteiger partial charge in [0.2, 0.25) is 0 Å². The molecule has 0 aliphatic rings. The lowest BCUT2D eigenvalue weighted by Crippen LogP contribution is -2.18. The van der Waals surface area contributed by atoms with E-state index in [1.54, 1.807) is 17.8 Å². The smallest absolute Gasteiger partial charge is 0.190 e. The molecule has 0 radical (unpaired) electrons. The summed E-state index contributed by atoms with van der Waals surface area (Å²) >= 11 is 1.35. The quantitative estimate of drug-likeness (QED) is 0.724. The van der Waals surface area contributed by atoms with E-state index < -0.39 is 0 Å². The van der Waals surface area contributed by atoms with Crippen LogP contribution in [0, 0.1) is 6.92 Å². The van der Waals surface area contributed by atoms with E-state index in [0.29, 0.717) is 16.2 Å². The van der Waals surface area contributed by atoms with Gasteiger partial charge in [-0.2, -0.15) is 5.10 Å². The van der Waals surface area contributed by atoms with Gasteiger partial charge in [-0.15, -0.1) is 0 Å². The molecule has 0 saturated heterocycles. The Morgan fingerprint density at radius 2 is 2.08 bits per heavy atom. The number of hydrogen-bond acceptors (Lipinski definition) is 5. The van der Waals surface area contributed by atoms with E-state index in [2.05, 4.69) is 10.1 Å². The van der Waals surface area contributed by atoms with Crippen LogP contribution in [0.1, 0.15) is 22.3 Å². The van der Waals surface area contributed by atoms with Crippen LogP contribution < -0.4 is 4.80 Å². The van der Waals surface area contributed by atoms with Crippen LogP contribution in [0.2, 0.25) is 0 Å². The van der Waals surface area contributed by atoms with Crippen molar-refractivity contribution in [3.8, 4) is 5.69 Å². The van der Waals surface area contributed by atoms with Gasteiger partial charge in [0.1, 0.15) is 0 Å². The third kappa shape index (κ3) is 3.22. The number of hydrogen-bond donors (Lipinski definition) is 1. The van der Waals surface area contributed by atoms with Crippen molar-refractivity contribution in [1.82, 2.24) is 14.3 Å². The van der Waals surface area contributed by atoms with E-state index in [0.717, 1.165) is 17.1 Å². The molecule has 3 aromatic rings. The average molecular weight is 342 g/mol. The van der Waals surface area contributed by atoms with Crippen molar-refractivity contribution in [3.05, 3.63) is 58.1 Å². The molecule has 1 N–H and O–H groups in total. The molecule has 6 nitrogen and oxygen atoms in total. The fourth-order valence-electron chi connectivity index (χ4n) is 2.47. The Labute approximate surface area is 143 Å². The fourth-order valence-corrected chi connectivity index (χ4v) is 3.54. The Bertz CT molecular complexity index is 905. The Kier molecular flexibility index (Phi) is 4.73. The Morgan fingerprint density at radius 3 is 2.67 bits per heavy atom. The van der Waals surface area contributed by atoms with Crippen LogP contribution >= 0.6 is 11.3 Å². The van der Waals surface area contributed by atoms with E-state index >= 15 is 0 Å². The van der Waals surface area contributed by atoms with Crippen LogP contribution in [0.15, 0.2) is 47.7 Å². The SMILES string of the molecule is CC(=O)c1sc(=Nc2ccc(-n3cccn3)cc2)n(CCO)c1C. The van der Waals surface area contributed by atoms with Gasteiger partial charge in [-0.05, 0) is 37.3 Å². The zero-order valence-electron chi connectivity index (χ0n) is 13.5. The lowest BCUT2D eigenvalue weighted by atomic mass is 10.3. The monoisotopic (exact) mass is 342 g/mol. The minimum absolute atomic E-state index is 0.000339. The number of thiazole rings is 1. The molecule has 24 heavy (non-hydrogen) atoms. The number of Topliss-reactive ketones (excluding diaryl/α,β-unsaturated/α-hetero) is 1. The van der Waals surface area contributed by atoms with Gasteiger partial charge < -0.3 is 9.67 Å². The molecule has 0 amide bonds. The standard InChI is InChI=1S/C17H18N4O2S/c1-12-16(13(2)23)24-17(20(12)10-11-22)19-14-4-6-15(7-5-14)21-9-3-8-18-21/h3-9,22H,10-11H2,1-2H3. The average Bonchev–Trinajstić information content (AvgIpc) is 3.19. The molecule has 0 aliphatic carbocycles. The molecule has 2 aromatic heterocycles. The second kappa shape index (κ2) is 6.94. The molecule has 0 bridgehead atoms. The summed E-state index contributed by atoms with van der Waals surface area (Å²) in [7, 11) is 0. The molecular weight excluding hydrogens is 324 g/mol. The lowest BCUT2D eigenvalue weighted by Gasteiger charge is -2.04. The Morgan fingerprint density at radius 1 is 1.33 bits per heavy atom. The molecule has 0 atom stereocenters. The van der Waals surface area contributed by atoms with Gasteiger partial charge in [0.25, 0.3) is 0 Å². The van der Waals surface area contributed by atoms with Gasteiger partial charge in [-0.25, -0.2) is 9.67 Å². The predicted octanol–water partition coefficient (Wildman–Crippen LogP) is 2.47. The van der Waals surface area contributed by atoms with Gasteiger partial charge in [0, 0.05) is 31.6 Å². The van der Waals surface area contributed by atoms with Gasteiger partial charge in [-0.3, -0.25) is 4.79 Å². The number of rotatable bonds is 5. The molecular formula is C17H18N4O2S. The number of nitrogens with zero attached hydrogens (tertiary/aromatic N) is 4. The van der Waals surface area contributed by atoms with E-state index in [9.17, 15) is 9.90 Å². The van der Waals surface area contributed by atoms with Crippen LogP contribution in [0.3, 0.4) is 0 Å². The summed E-state index contributed by atoms with van der Waals surface area (Å²) in [6.07, 6.45) is 3.61. The molecule has 7 heteroatoms. The number of carbonyl (C=O) groups excluding carboxylic acids is 1. The van der Waals surface area contributed by atoms with Crippen molar-refractivity contribution in [2.24, 2.45) is 4.99 Å². The van der Waals surface area contributed by atoms with Crippen LogP contribution in [0.25, 0.3) is 5.69 Å². The fraction of sp³-hybridized carbons (Fsp3) is 0.235. The Balaban J connectivity index is 2.01. The topological polar surface area (TPSA) is 72.4 Å². The molecule has 1 aromatic carbocycles. The molecule has 124 valence electrons. The van der Waals surface area contributed by atoms with Crippen molar-refractivity contribution in [3.63, 3.8) is 0 Å². The molecule has 0 saturated carbocycles. The molecule has 0 unspecified atom stereocenters. The predicted molar refractivity (Wildman–Crippen MR) is 92.9 cm³/mol. The highest BCUT2D eigenvalue weighted by Gasteiger charge is 2.13. The summed E-state index contributed by atoms with van der Waals surface area (Å²) in [6.45, 7) is 3.84. The normalized spacial score (nSPS) is 11.9. The summed E-state index contributed by atoms with van der Waals surface area (Å²) < 4.78 is 3.65. The minimum atomic E-state index is 0.000339. The maximum atomic E-state index is 11.7. The van der Waals surface area contributed by atoms with E-state index in [1.165, 1.54) is 11.3 Å². The van der Waals surface area contributed by atoms with Gasteiger partial charge in [-0.1, -0.05) is 11.3 Å². The number of aliphatic hydroxyl groups is 1. The van der Waals surface area contributed by atoms with Crippen molar-refractivity contribution < 1.29 is 9.90 Å². The molecule has 0 aliphatic heterocycles. The highest BCUT2D eigenvalue weighted by molar-refractivity contribution is 7.11. The largest absolute Gasteiger partial charge is 0.395 e. The third-order valence-corrected chi connectivity index (χ3v) is 4.93. The number of carbonyl (C=O) groups is 1. The molecule has 0 spiro atoms. The van der Waals surface area contributed by atoms with Gasteiger partial charge in [0.15, 0.2) is 10.6 Å². The van der Waals surface area contributed by atoms with Crippen molar-refractivity contribution >= 4 is 22.8 Å². The van der Waals surface area contributed by atoms with Gasteiger partial charge >= 0.3 is 0 Å². The van der Waals surface area contributed by atoms with Gasteiger partial charge in [0.05, 0.1) is 22.9 Å². The number of aliphatic hydroxyl groups excluding tert-OH is 1. The first kappa shape index (κ1) is 16.4. The summed E-state index contributed by atoms with van der Waals surface area (Å²) in [6, 6.07) is 9.56. The first-order chi connectivity index (χ1) is 11.6. The Hall–Kier alpha value is -2.51.